The van der Waals surface area contributed by atoms with Gasteiger partial charge >= 0.3 is 0 Å². The second kappa shape index (κ2) is 9.16. The summed E-state index contributed by atoms with van der Waals surface area (Å²) in [5, 5.41) is 10.1. The van der Waals surface area contributed by atoms with E-state index in [1.54, 1.807) is 30.3 Å². The maximum Gasteiger partial charge on any atom is 0.285 e. The van der Waals surface area contributed by atoms with Gasteiger partial charge in [0.05, 0.1) is 10.7 Å². The Balaban J connectivity index is 0.000000307. The summed E-state index contributed by atoms with van der Waals surface area (Å²) < 4.78 is 4.39. The molecule has 0 saturated carbocycles. The smallest absolute Gasteiger partial charge is 0.285 e. The zero-order chi connectivity index (χ0) is 18.1. The second-order valence-electron chi connectivity index (χ2n) is 4.51. The Bertz CT molecular complexity index is 747. The summed E-state index contributed by atoms with van der Waals surface area (Å²) in [6.45, 7) is 1.50. The average Bonchev–Trinajstić information content (AvgIpc) is 2.57. The number of ketones is 1. The van der Waals surface area contributed by atoms with Crippen LogP contribution in [-0.4, -0.2) is 17.7 Å². The van der Waals surface area contributed by atoms with Gasteiger partial charge < -0.3 is 22.0 Å². The van der Waals surface area contributed by atoms with Crippen molar-refractivity contribution < 1.29 is 9.53 Å². The number of anilines is 1. The molecule has 0 fully saturated rings. The average molecular weight is 348 g/mol. The number of amidine groups is 1. The van der Waals surface area contributed by atoms with E-state index < -0.39 is 6.02 Å². The van der Waals surface area contributed by atoms with Crippen LogP contribution in [0.3, 0.4) is 0 Å². The van der Waals surface area contributed by atoms with Crippen molar-refractivity contribution in [2.45, 2.75) is 6.92 Å². The normalized spacial score (nSPS) is 10.3. The molecule has 0 aliphatic heterocycles. The number of nitrogens with one attached hydrogen (secondary N) is 1. The molecule has 0 heterocycles. The Morgan fingerprint density at radius 3 is 2.29 bits per heavy atom. The van der Waals surface area contributed by atoms with Crippen molar-refractivity contribution in [1.29, 1.82) is 5.41 Å². The fraction of sp³-hybridized carbons (Fsp3) is 0.0625. The van der Waals surface area contributed by atoms with Crippen molar-refractivity contribution in [3.63, 3.8) is 0 Å². The lowest BCUT2D eigenvalue weighted by molar-refractivity contribution is 0.103. The molecule has 0 radical (unpaired) electrons. The summed E-state index contributed by atoms with van der Waals surface area (Å²) in [5.74, 6) is 4.80. The number of nitrogens with zero attached hydrogens (tertiary/aromatic N) is 1. The summed E-state index contributed by atoms with van der Waals surface area (Å²) in [4.78, 5) is 12.1. The summed E-state index contributed by atoms with van der Waals surface area (Å²) in [6, 6.07) is 13.6. The maximum atomic E-state index is 12.1. The van der Waals surface area contributed by atoms with Crippen LogP contribution >= 0.6 is 11.6 Å². The molecule has 0 atom stereocenters. The highest BCUT2D eigenvalue weighted by Crippen LogP contribution is 2.24. The van der Waals surface area contributed by atoms with Crippen LogP contribution in [0.5, 0.6) is 0 Å². The Hall–Kier alpha value is -3.06. The largest absolute Gasteiger partial charge is 0.410 e. The third-order valence-electron chi connectivity index (χ3n) is 2.77. The van der Waals surface area contributed by atoms with Gasteiger partial charge in [0.15, 0.2) is 5.78 Å². The van der Waals surface area contributed by atoms with Crippen LogP contribution in [0.4, 0.5) is 5.69 Å². The fourth-order valence-electron chi connectivity index (χ4n) is 1.67. The van der Waals surface area contributed by atoms with Gasteiger partial charge in [-0.2, -0.15) is 0 Å². The van der Waals surface area contributed by atoms with Crippen molar-refractivity contribution in [2.75, 3.05) is 5.73 Å². The number of hydrogen-bond acceptors (Lipinski definition) is 6. The van der Waals surface area contributed by atoms with E-state index in [0.29, 0.717) is 21.8 Å². The van der Waals surface area contributed by atoms with Gasteiger partial charge in [0, 0.05) is 18.1 Å². The van der Waals surface area contributed by atoms with Crippen LogP contribution in [-0.2, 0) is 4.74 Å². The first-order valence-corrected chi connectivity index (χ1v) is 7.14. The SMILES string of the molecule is C/C(=N/N)OC(=N)N.Nc1c(Cl)cccc1C(=O)c1ccccc1. The number of nitrogen functional groups attached to an aromatic ring is 1. The minimum absolute atomic E-state index is 0.111. The van der Waals surface area contributed by atoms with Crippen LogP contribution in [0.1, 0.15) is 22.8 Å². The third-order valence-corrected chi connectivity index (χ3v) is 3.10. The van der Waals surface area contributed by atoms with Gasteiger partial charge in [-0.15, -0.1) is 5.10 Å². The molecule has 0 aromatic heterocycles. The molecular weight excluding hydrogens is 330 g/mol. The Kier molecular flexibility index (Phi) is 7.25. The Labute approximate surface area is 144 Å². The molecule has 24 heavy (non-hydrogen) atoms. The number of hydrogen-bond donors (Lipinski definition) is 4. The van der Waals surface area contributed by atoms with E-state index in [0.717, 1.165) is 0 Å². The molecule has 0 aliphatic rings. The van der Waals surface area contributed by atoms with Crippen LogP contribution in [0.15, 0.2) is 53.6 Å². The molecule has 8 heteroatoms. The number of benzene rings is 2. The third kappa shape index (κ3) is 5.62. The van der Waals surface area contributed by atoms with Crippen molar-refractivity contribution in [3.05, 3.63) is 64.7 Å². The molecule has 0 amide bonds. The van der Waals surface area contributed by atoms with E-state index in [4.69, 9.17) is 34.3 Å². The fourth-order valence-corrected chi connectivity index (χ4v) is 1.84. The van der Waals surface area contributed by atoms with E-state index in [2.05, 4.69) is 9.84 Å². The van der Waals surface area contributed by atoms with E-state index >= 15 is 0 Å². The van der Waals surface area contributed by atoms with Gasteiger partial charge in [-0.3, -0.25) is 10.2 Å². The zero-order valence-corrected chi connectivity index (χ0v) is 13.7. The summed E-state index contributed by atoms with van der Waals surface area (Å²) in [5.41, 5.74) is 11.9. The van der Waals surface area contributed by atoms with Crippen molar-refractivity contribution in [1.82, 2.24) is 0 Å². The van der Waals surface area contributed by atoms with Gasteiger partial charge in [-0.25, -0.2) is 0 Å². The molecule has 126 valence electrons. The van der Waals surface area contributed by atoms with Gasteiger partial charge in [-0.1, -0.05) is 48.0 Å². The number of rotatable bonds is 2. The highest BCUT2D eigenvalue weighted by molar-refractivity contribution is 6.34. The first-order valence-electron chi connectivity index (χ1n) is 6.77. The molecule has 0 bridgehead atoms. The zero-order valence-electron chi connectivity index (χ0n) is 13.0. The van der Waals surface area contributed by atoms with Crippen LogP contribution in [0.2, 0.25) is 5.02 Å². The summed E-state index contributed by atoms with van der Waals surface area (Å²) >= 11 is 5.87. The Morgan fingerprint density at radius 2 is 1.79 bits per heavy atom. The van der Waals surface area contributed by atoms with Crippen molar-refractivity contribution in [2.24, 2.45) is 16.7 Å². The quantitative estimate of drug-likeness (QED) is 0.165. The number of halogens is 1. The van der Waals surface area contributed by atoms with E-state index in [9.17, 15) is 4.79 Å². The summed E-state index contributed by atoms with van der Waals surface area (Å²) in [6.07, 6.45) is 0. The van der Waals surface area contributed by atoms with Crippen LogP contribution in [0, 0.1) is 5.41 Å². The maximum absolute atomic E-state index is 12.1. The monoisotopic (exact) mass is 347 g/mol. The molecular formula is C16H18ClN5O2. The van der Waals surface area contributed by atoms with E-state index in [-0.39, 0.29) is 11.7 Å². The van der Waals surface area contributed by atoms with Crippen LogP contribution < -0.4 is 17.3 Å². The summed E-state index contributed by atoms with van der Waals surface area (Å²) in [7, 11) is 0. The van der Waals surface area contributed by atoms with Gasteiger partial charge in [0.2, 0.25) is 5.90 Å². The first kappa shape index (κ1) is 19.0. The number of ether oxygens (including phenoxy) is 1. The minimum atomic E-state index is -0.406. The van der Waals surface area contributed by atoms with Gasteiger partial charge in [-0.05, 0) is 12.1 Å². The molecule has 2 aromatic carbocycles. The van der Waals surface area contributed by atoms with Crippen LogP contribution in [0.25, 0.3) is 0 Å². The van der Waals surface area contributed by atoms with E-state index in [1.165, 1.54) is 6.92 Å². The molecule has 2 aromatic rings. The molecule has 0 spiro atoms. The predicted molar refractivity (Wildman–Crippen MR) is 96.0 cm³/mol. The predicted octanol–water partition coefficient (Wildman–Crippen LogP) is 2.34. The number of para-hydroxylation sites is 1. The van der Waals surface area contributed by atoms with Gasteiger partial charge in [0.1, 0.15) is 0 Å². The lowest BCUT2D eigenvalue weighted by atomic mass is 10.0. The molecule has 0 saturated heterocycles. The van der Waals surface area contributed by atoms with Crippen molar-refractivity contribution in [3.8, 4) is 0 Å². The molecule has 7 N–H and O–H groups in total. The molecule has 0 unspecified atom stereocenters. The number of carbonyl (C=O) groups is 1. The highest BCUT2D eigenvalue weighted by Gasteiger charge is 2.13. The lowest BCUT2D eigenvalue weighted by Crippen LogP contribution is -2.18. The van der Waals surface area contributed by atoms with Crippen molar-refractivity contribution >= 4 is 35.0 Å². The minimum Gasteiger partial charge on any atom is -0.410 e. The number of carbonyl (C=O) groups excluding carboxylic acids is 1. The Morgan fingerprint density at radius 1 is 1.17 bits per heavy atom. The number of hydrazone groups is 1. The van der Waals surface area contributed by atoms with Gasteiger partial charge in [0.25, 0.3) is 6.02 Å². The standard InChI is InChI=1S/C13H10ClNO.C3H8N4O/c14-11-8-4-7-10(12(11)15)13(16)9-5-2-1-3-6-9;1-2(7-6)8-3(4)5/h1-8H,15H2;6H2,1H3,(H3,4,5)/b;7-2-. The molecule has 7 nitrogen and oxygen atoms in total. The molecule has 2 rings (SSSR count). The first-order chi connectivity index (χ1) is 11.4. The molecule has 0 aliphatic carbocycles. The second-order valence-corrected chi connectivity index (χ2v) is 4.92. The van der Waals surface area contributed by atoms with E-state index in [1.807, 2.05) is 18.2 Å². The number of nitrogens with two attached hydrogens (primary N) is 3. The highest BCUT2D eigenvalue weighted by atomic mass is 35.5. The lowest BCUT2D eigenvalue weighted by Gasteiger charge is -2.05. The topological polar surface area (TPSA) is 141 Å².